The third-order valence-corrected chi connectivity index (χ3v) is 3.57. The first-order valence-corrected chi connectivity index (χ1v) is 5.96. The van der Waals surface area contributed by atoms with Crippen LogP contribution in [0.3, 0.4) is 0 Å². The second-order valence-corrected chi connectivity index (χ2v) is 5.08. The summed E-state index contributed by atoms with van der Waals surface area (Å²) >= 11 is 0. The van der Waals surface area contributed by atoms with Crippen LogP contribution >= 0.6 is 0 Å². The second kappa shape index (κ2) is 4.40. The molecule has 2 nitrogen and oxygen atoms in total. The van der Waals surface area contributed by atoms with Crippen molar-refractivity contribution in [3.63, 3.8) is 0 Å². The van der Waals surface area contributed by atoms with E-state index in [2.05, 4.69) is 26.1 Å². The number of hydrogen-bond acceptors (Lipinski definition) is 2. The van der Waals surface area contributed by atoms with Gasteiger partial charge in [-0.2, -0.15) is 0 Å². The van der Waals surface area contributed by atoms with Crippen molar-refractivity contribution in [2.45, 2.75) is 45.7 Å². The van der Waals surface area contributed by atoms with Gasteiger partial charge in [0.05, 0.1) is 12.3 Å². The molecule has 84 valence electrons. The van der Waals surface area contributed by atoms with Crippen molar-refractivity contribution in [3.05, 3.63) is 24.2 Å². The molecule has 2 rings (SSSR count). The van der Waals surface area contributed by atoms with Crippen LogP contribution in [0.25, 0.3) is 0 Å². The molecular weight excluding hydrogens is 186 g/mol. The Balaban J connectivity index is 1.76. The summed E-state index contributed by atoms with van der Waals surface area (Å²) in [7, 11) is 0. The highest BCUT2D eigenvalue weighted by atomic mass is 16.3. The third kappa shape index (κ3) is 2.43. The Bertz CT molecular complexity index is 285. The molecule has 1 heterocycles. The van der Waals surface area contributed by atoms with E-state index in [4.69, 9.17) is 4.42 Å². The Morgan fingerprint density at radius 1 is 1.33 bits per heavy atom. The molecule has 1 atom stereocenters. The van der Waals surface area contributed by atoms with E-state index in [-0.39, 0.29) is 0 Å². The number of furan rings is 1. The highest BCUT2D eigenvalue weighted by molar-refractivity contribution is 5.04. The van der Waals surface area contributed by atoms with Crippen LogP contribution in [-0.2, 0) is 0 Å². The summed E-state index contributed by atoms with van der Waals surface area (Å²) in [6, 6.07) is 5.03. The molecule has 1 aliphatic carbocycles. The van der Waals surface area contributed by atoms with Gasteiger partial charge in [-0.15, -0.1) is 0 Å². The largest absolute Gasteiger partial charge is 0.468 e. The molecule has 0 spiro atoms. The molecule has 0 saturated heterocycles. The first kappa shape index (κ1) is 10.7. The lowest BCUT2D eigenvalue weighted by Crippen LogP contribution is -2.43. The van der Waals surface area contributed by atoms with E-state index in [0.29, 0.717) is 12.1 Å². The van der Waals surface area contributed by atoms with Gasteiger partial charge in [0.15, 0.2) is 0 Å². The summed E-state index contributed by atoms with van der Waals surface area (Å²) in [6.45, 7) is 6.80. The van der Waals surface area contributed by atoms with E-state index in [1.54, 1.807) is 6.26 Å². The van der Waals surface area contributed by atoms with Crippen LogP contribution in [0.4, 0.5) is 0 Å². The van der Waals surface area contributed by atoms with E-state index >= 15 is 0 Å². The SMILES string of the molecule is CC(C)C1CC(N[C@H](C)c2ccco2)C1. The minimum Gasteiger partial charge on any atom is -0.468 e. The van der Waals surface area contributed by atoms with E-state index in [0.717, 1.165) is 17.6 Å². The van der Waals surface area contributed by atoms with Crippen LogP contribution in [-0.4, -0.2) is 6.04 Å². The highest BCUT2D eigenvalue weighted by Crippen LogP contribution is 2.34. The van der Waals surface area contributed by atoms with Gasteiger partial charge in [-0.05, 0) is 43.7 Å². The normalized spacial score (nSPS) is 27.7. The maximum atomic E-state index is 5.38. The van der Waals surface area contributed by atoms with Crippen molar-refractivity contribution in [2.24, 2.45) is 11.8 Å². The Morgan fingerprint density at radius 3 is 2.60 bits per heavy atom. The fourth-order valence-corrected chi connectivity index (χ4v) is 2.32. The highest BCUT2D eigenvalue weighted by Gasteiger charge is 2.32. The molecule has 1 aromatic rings. The lowest BCUT2D eigenvalue weighted by atomic mass is 9.73. The minimum absolute atomic E-state index is 0.345. The fourth-order valence-electron chi connectivity index (χ4n) is 2.32. The zero-order valence-electron chi connectivity index (χ0n) is 9.86. The first-order valence-electron chi connectivity index (χ1n) is 5.96. The molecule has 1 aromatic heterocycles. The maximum absolute atomic E-state index is 5.38. The predicted octanol–water partition coefficient (Wildman–Crippen LogP) is 3.36. The summed E-state index contributed by atoms with van der Waals surface area (Å²) < 4.78 is 5.38. The van der Waals surface area contributed by atoms with Crippen LogP contribution in [0.15, 0.2) is 22.8 Å². The van der Waals surface area contributed by atoms with Crippen LogP contribution < -0.4 is 5.32 Å². The molecule has 0 aliphatic heterocycles. The van der Waals surface area contributed by atoms with Crippen LogP contribution in [0.1, 0.15) is 45.4 Å². The van der Waals surface area contributed by atoms with Crippen molar-refractivity contribution >= 4 is 0 Å². The number of hydrogen-bond donors (Lipinski definition) is 1. The zero-order chi connectivity index (χ0) is 10.8. The summed E-state index contributed by atoms with van der Waals surface area (Å²) in [5.74, 6) is 2.80. The van der Waals surface area contributed by atoms with Gasteiger partial charge in [-0.3, -0.25) is 0 Å². The topological polar surface area (TPSA) is 25.2 Å². The molecule has 0 radical (unpaired) electrons. The van der Waals surface area contributed by atoms with Gasteiger partial charge in [0.25, 0.3) is 0 Å². The van der Waals surface area contributed by atoms with E-state index < -0.39 is 0 Å². The Kier molecular flexibility index (Phi) is 3.15. The summed E-state index contributed by atoms with van der Waals surface area (Å²) in [6.07, 6.45) is 4.39. The number of nitrogens with one attached hydrogen (secondary N) is 1. The van der Waals surface area contributed by atoms with Gasteiger partial charge < -0.3 is 9.73 Å². The third-order valence-electron chi connectivity index (χ3n) is 3.57. The average Bonchev–Trinajstić information content (AvgIpc) is 2.61. The molecule has 2 heteroatoms. The molecule has 0 amide bonds. The van der Waals surface area contributed by atoms with Gasteiger partial charge in [0.1, 0.15) is 5.76 Å². The second-order valence-electron chi connectivity index (χ2n) is 5.08. The van der Waals surface area contributed by atoms with E-state index in [9.17, 15) is 0 Å². The van der Waals surface area contributed by atoms with Gasteiger partial charge in [0, 0.05) is 6.04 Å². The molecular formula is C13H21NO. The summed E-state index contributed by atoms with van der Waals surface area (Å²) in [5.41, 5.74) is 0. The van der Waals surface area contributed by atoms with E-state index in [1.807, 2.05) is 12.1 Å². The monoisotopic (exact) mass is 207 g/mol. The molecule has 0 aromatic carbocycles. The Labute approximate surface area is 92.1 Å². The zero-order valence-corrected chi connectivity index (χ0v) is 9.86. The fraction of sp³-hybridized carbons (Fsp3) is 0.692. The van der Waals surface area contributed by atoms with Crippen molar-refractivity contribution in [3.8, 4) is 0 Å². The van der Waals surface area contributed by atoms with Crippen LogP contribution in [0.2, 0.25) is 0 Å². The first-order chi connectivity index (χ1) is 7.16. The predicted molar refractivity (Wildman–Crippen MR) is 61.6 cm³/mol. The lowest BCUT2D eigenvalue weighted by Gasteiger charge is -2.39. The molecule has 1 fully saturated rings. The van der Waals surface area contributed by atoms with Crippen molar-refractivity contribution < 1.29 is 4.42 Å². The smallest absolute Gasteiger partial charge is 0.120 e. The molecule has 0 unspecified atom stereocenters. The van der Waals surface area contributed by atoms with Gasteiger partial charge in [-0.1, -0.05) is 13.8 Å². The molecule has 1 N–H and O–H groups in total. The Hall–Kier alpha value is -0.760. The summed E-state index contributed by atoms with van der Waals surface area (Å²) in [5, 5.41) is 3.61. The standard InChI is InChI=1S/C13H21NO/c1-9(2)11-7-12(8-11)14-10(3)13-5-4-6-15-13/h4-6,9-12,14H,7-8H2,1-3H3/t10-,11?,12?/m1/s1. The molecule has 0 bridgehead atoms. The van der Waals surface area contributed by atoms with Crippen molar-refractivity contribution in [1.29, 1.82) is 0 Å². The van der Waals surface area contributed by atoms with Gasteiger partial charge in [-0.25, -0.2) is 0 Å². The molecule has 1 saturated carbocycles. The summed E-state index contributed by atoms with van der Waals surface area (Å²) in [4.78, 5) is 0. The van der Waals surface area contributed by atoms with Crippen molar-refractivity contribution in [1.82, 2.24) is 5.32 Å². The van der Waals surface area contributed by atoms with Crippen LogP contribution in [0.5, 0.6) is 0 Å². The lowest BCUT2D eigenvalue weighted by molar-refractivity contribution is 0.156. The van der Waals surface area contributed by atoms with E-state index in [1.165, 1.54) is 12.8 Å². The minimum atomic E-state index is 0.345. The van der Waals surface area contributed by atoms with Crippen LogP contribution in [0, 0.1) is 11.8 Å². The quantitative estimate of drug-likeness (QED) is 0.819. The Morgan fingerprint density at radius 2 is 2.07 bits per heavy atom. The maximum Gasteiger partial charge on any atom is 0.120 e. The molecule has 15 heavy (non-hydrogen) atoms. The molecule has 1 aliphatic rings. The van der Waals surface area contributed by atoms with Gasteiger partial charge in [0.2, 0.25) is 0 Å². The number of rotatable bonds is 4. The van der Waals surface area contributed by atoms with Gasteiger partial charge >= 0.3 is 0 Å². The average molecular weight is 207 g/mol. The van der Waals surface area contributed by atoms with Crippen molar-refractivity contribution in [2.75, 3.05) is 0 Å².